The van der Waals surface area contributed by atoms with Crippen molar-refractivity contribution in [3.8, 4) is 0 Å². The van der Waals surface area contributed by atoms with Crippen LogP contribution in [0.1, 0.15) is 78.6 Å². The van der Waals surface area contributed by atoms with Crippen LogP contribution in [0.25, 0.3) is 0 Å². The normalized spacial score (nSPS) is 47.9. The molecule has 11 atom stereocenters. The predicted octanol–water partition coefficient (Wildman–Crippen LogP) is 2.12. The second-order valence-electron chi connectivity index (χ2n) is 13.5. The highest BCUT2D eigenvalue weighted by molar-refractivity contribution is 7.86. The number of nitrogens with zero attached hydrogens (tertiary/aromatic N) is 1. The Hall–Kier alpha value is -0.740. The largest absolute Gasteiger partial charge is 0.748 e. The SMILES string of the molecule is C[C@H](CCC(=O)N1CC(S(=O)(=O)[O-])C1)[C@H]1CC[C@H]2[C@@H]3[C@H](O)C[C@@H]4C[C@H](O)CC[C@]4(C)[C@H]3C[C@H](O)[C@]12C. The van der Waals surface area contributed by atoms with Crippen molar-refractivity contribution in [2.24, 2.45) is 46.3 Å². The molecule has 5 rings (SSSR count). The first-order chi connectivity index (χ1) is 16.8. The van der Waals surface area contributed by atoms with E-state index in [4.69, 9.17) is 0 Å². The van der Waals surface area contributed by atoms with Crippen molar-refractivity contribution in [1.82, 2.24) is 4.90 Å². The zero-order chi connectivity index (χ0) is 26.2. The smallest absolute Gasteiger partial charge is 0.222 e. The molecule has 4 aliphatic carbocycles. The Morgan fingerprint density at radius 1 is 1.06 bits per heavy atom. The molecule has 0 aromatic heterocycles. The summed E-state index contributed by atoms with van der Waals surface area (Å²) < 4.78 is 33.3. The van der Waals surface area contributed by atoms with Gasteiger partial charge in [-0.05, 0) is 97.7 Å². The molecular weight excluding hydrogens is 482 g/mol. The molecule has 9 heteroatoms. The Kier molecular flexibility index (Phi) is 6.85. The van der Waals surface area contributed by atoms with Gasteiger partial charge in [0.05, 0.1) is 23.6 Å². The number of aliphatic hydroxyl groups is 3. The number of amides is 1. The Morgan fingerprint density at radius 3 is 2.42 bits per heavy atom. The van der Waals surface area contributed by atoms with Crippen LogP contribution < -0.4 is 0 Å². The number of carbonyl (C=O) groups is 1. The quantitative estimate of drug-likeness (QED) is 0.467. The zero-order valence-corrected chi connectivity index (χ0v) is 22.7. The maximum Gasteiger partial charge on any atom is 0.222 e. The van der Waals surface area contributed by atoms with Gasteiger partial charge in [0.25, 0.3) is 0 Å². The van der Waals surface area contributed by atoms with Crippen molar-refractivity contribution in [3.05, 3.63) is 0 Å². The van der Waals surface area contributed by atoms with Gasteiger partial charge in [0, 0.05) is 19.5 Å². The van der Waals surface area contributed by atoms with Crippen molar-refractivity contribution in [3.63, 3.8) is 0 Å². The van der Waals surface area contributed by atoms with Gasteiger partial charge in [-0.15, -0.1) is 0 Å². The van der Waals surface area contributed by atoms with Gasteiger partial charge < -0.3 is 24.8 Å². The van der Waals surface area contributed by atoms with E-state index in [1.165, 1.54) is 4.90 Å². The molecule has 4 saturated carbocycles. The average Bonchev–Trinajstić information content (AvgIpc) is 3.10. The van der Waals surface area contributed by atoms with E-state index in [1.54, 1.807) is 0 Å². The second kappa shape index (κ2) is 9.18. The van der Waals surface area contributed by atoms with Crippen LogP contribution in [0.2, 0.25) is 0 Å². The van der Waals surface area contributed by atoms with Gasteiger partial charge in [-0.25, -0.2) is 8.42 Å². The highest BCUT2D eigenvalue weighted by Gasteiger charge is 2.65. The third-order valence-corrected chi connectivity index (χ3v) is 13.1. The molecule has 0 radical (unpaired) electrons. The summed E-state index contributed by atoms with van der Waals surface area (Å²) in [6, 6.07) is 0. The summed E-state index contributed by atoms with van der Waals surface area (Å²) >= 11 is 0. The molecule has 1 amide bonds. The number of aliphatic hydroxyl groups excluding tert-OH is 3. The van der Waals surface area contributed by atoms with E-state index in [-0.39, 0.29) is 65.5 Å². The summed E-state index contributed by atoms with van der Waals surface area (Å²) in [6.45, 7) is 6.70. The Labute approximate surface area is 215 Å². The van der Waals surface area contributed by atoms with E-state index >= 15 is 0 Å². The molecule has 0 unspecified atom stereocenters. The van der Waals surface area contributed by atoms with E-state index < -0.39 is 27.6 Å². The standard InChI is InChI=1S/C27H45NO7S/c1-15(4-7-24(32)28-13-18(14-28)36(33,34)35)19-5-6-20-25-21(12-23(31)27(19,20)3)26(2)9-8-17(29)10-16(26)11-22(25)30/h15-23,25,29-31H,4-14H2,1-3H3,(H,33,34,35)/p-1/t15-,16+,17-,19-,20+,21+,22-,23+,25+,26+,27-/m1/s1. The maximum absolute atomic E-state index is 12.6. The average molecular weight is 527 g/mol. The molecule has 36 heavy (non-hydrogen) atoms. The van der Waals surface area contributed by atoms with Crippen LogP contribution in [0.5, 0.6) is 0 Å². The summed E-state index contributed by atoms with van der Waals surface area (Å²) in [5.41, 5.74) is -0.255. The van der Waals surface area contributed by atoms with E-state index in [9.17, 15) is 33.1 Å². The fourth-order valence-corrected chi connectivity index (χ4v) is 10.4. The molecule has 1 heterocycles. The molecule has 5 fully saturated rings. The Bertz CT molecular complexity index is 967. The number of fused-ring (bicyclic) bond motifs is 5. The van der Waals surface area contributed by atoms with Gasteiger partial charge in [-0.3, -0.25) is 4.79 Å². The monoisotopic (exact) mass is 526 g/mol. The lowest BCUT2D eigenvalue weighted by Crippen LogP contribution is -2.62. The summed E-state index contributed by atoms with van der Waals surface area (Å²) in [7, 11) is -4.34. The third-order valence-electron chi connectivity index (χ3n) is 11.9. The van der Waals surface area contributed by atoms with Crippen molar-refractivity contribution in [2.45, 2.75) is 102 Å². The number of hydrogen-bond donors (Lipinski definition) is 3. The molecular formula is C27H44NO7S-. The van der Waals surface area contributed by atoms with Crippen LogP contribution in [-0.4, -0.2) is 75.7 Å². The molecule has 3 N–H and O–H groups in total. The minimum atomic E-state index is -4.34. The zero-order valence-electron chi connectivity index (χ0n) is 21.9. The number of carbonyl (C=O) groups excluding carboxylic acids is 1. The maximum atomic E-state index is 12.6. The van der Waals surface area contributed by atoms with Gasteiger partial charge in [-0.2, -0.15) is 0 Å². The highest BCUT2D eigenvalue weighted by atomic mass is 32.2. The van der Waals surface area contributed by atoms with E-state index in [0.717, 1.165) is 38.5 Å². The van der Waals surface area contributed by atoms with Crippen LogP contribution in [0.15, 0.2) is 0 Å². The number of hydrogen-bond acceptors (Lipinski definition) is 7. The first kappa shape index (κ1) is 26.9. The van der Waals surface area contributed by atoms with E-state index in [2.05, 4.69) is 20.8 Å². The van der Waals surface area contributed by atoms with Gasteiger partial charge in [0.2, 0.25) is 5.91 Å². The van der Waals surface area contributed by atoms with Gasteiger partial charge in [0.1, 0.15) is 10.1 Å². The molecule has 5 aliphatic rings. The third kappa shape index (κ3) is 4.16. The van der Waals surface area contributed by atoms with Crippen molar-refractivity contribution >= 4 is 16.0 Å². The predicted molar refractivity (Wildman–Crippen MR) is 132 cm³/mol. The van der Waals surface area contributed by atoms with Gasteiger partial charge in [0.15, 0.2) is 0 Å². The lowest BCUT2D eigenvalue weighted by molar-refractivity contribution is -0.207. The first-order valence-electron chi connectivity index (χ1n) is 14.0. The minimum absolute atomic E-state index is 0.00126. The van der Waals surface area contributed by atoms with E-state index in [1.807, 2.05) is 0 Å². The molecule has 206 valence electrons. The van der Waals surface area contributed by atoms with Crippen LogP contribution in [0, 0.1) is 46.3 Å². The van der Waals surface area contributed by atoms with E-state index in [0.29, 0.717) is 25.2 Å². The summed E-state index contributed by atoms with van der Waals surface area (Å²) in [6.07, 6.45) is 5.74. The van der Waals surface area contributed by atoms with Crippen molar-refractivity contribution in [1.29, 1.82) is 0 Å². The summed E-state index contributed by atoms with van der Waals surface area (Å²) in [5.74, 6) is 1.33. The van der Waals surface area contributed by atoms with Crippen LogP contribution in [-0.2, 0) is 14.9 Å². The molecule has 0 aromatic rings. The summed E-state index contributed by atoms with van der Waals surface area (Å²) in [5, 5.41) is 32.4. The van der Waals surface area contributed by atoms with Crippen molar-refractivity contribution < 1.29 is 33.1 Å². The fourth-order valence-electron chi connectivity index (χ4n) is 9.67. The highest BCUT2D eigenvalue weighted by Crippen LogP contribution is 2.68. The molecule has 8 nitrogen and oxygen atoms in total. The Balaban J connectivity index is 1.26. The molecule has 0 spiro atoms. The molecule has 1 aliphatic heterocycles. The molecule has 0 bridgehead atoms. The summed E-state index contributed by atoms with van der Waals surface area (Å²) in [4.78, 5) is 14.1. The van der Waals surface area contributed by atoms with Crippen LogP contribution >= 0.6 is 0 Å². The van der Waals surface area contributed by atoms with Gasteiger partial charge in [-0.1, -0.05) is 20.8 Å². The lowest BCUT2D eigenvalue weighted by atomic mass is 9.43. The second-order valence-corrected chi connectivity index (χ2v) is 15.1. The number of rotatable bonds is 5. The van der Waals surface area contributed by atoms with Crippen LogP contribution in [0.3, 0.4) is 0 Å². The first-order valence-corrected chi connectivity index (χ1v) is 15.5. The minimum Gasteiger partial charge on any atom is -0.748 e. The van der Waals surface area contributed by atoms with Gasteiger partial charge >= 0.3 is 0 Å². The Morgan fingerprint density at radius 2 is 1.75 bits per heavy atom. The lowest BCUT2D eigenvalue weighted by Gasteiger charge is -2.63. The topological polar surface area (TPSA) is 138 Å². The van der Waals surface area contributed by atoms with Crippen LogP contribution in [0.4, 0.5) is 0 Å². The molecule has 0 aromatic carbocycles. The molecule has 1 saturated heterocycles. The number of likely N-dealkylation sites (tertiary alicyclic amines) is 1. The van der Waals surface area contributed by atoms with Crippen molar-refractivity contribution in [2.75, 3.05) is 13.1 Å². The fraction of sp³-hybridized carbons (Fsp3) is 0.963.